The van der Waals surface area contributed by atoms with Crippen molar-refractivity contribution in [2.45, 2.75) is 52.5 Å². The Morgan fingerprint density at radius 1 is 1.45 bits per heavy atom. The zero-order valence-electron chi connectivity index (χ0n) is 8.06. The molecule has 0 aromatic rings. The summed E-state index contributed by atoms with van der Waals surface area (Å²) in [6.45, 7) is 8.08. The Hall–Kier alpha value is -0.330. The zero-order chi connectivity index (χ0) is 8.27. The van der Waals surface area contributed by atoms with Crippen LogP contribution in [0.2, 0.25) is 0 Å². The lowest BCUT2D eigenvalue weighted by Gasteiger charge is -2.19. The topological polar surface area (TPSA) is 3.01 Å². The van der Waals surface area contributed by atoms with Crippen molar-refractivity contribution >= 4 is 5.71 Å². The first-order chi connectivity index (χ1) is 5.29. The molecular formula is C10H20N+. The van der Waals surface area contributed by atoms with Crippen molar-refractivity contribution in [1.82, 2.24) is 0 Å². The molecule has 0 aromatic heterocycles. The lowest BCUT2D eigenvalue weighted by Crippen LogP contribution is -2.33. The molecule has 1 heteroatoms. The second-order valence-electron chi connectivity index (χ2n) is 3.45. The van der Waals surface area contributed by atoms with Crippen LogP contribution in [-0.2, 0) is 0 Å². The van der Waals surface area contributed by atoms with Gasteiger partial charge < -0.3 is 0 Å². The smallest absolute Gasteiger partial charge is 0.152 e. The molecule has 1 aliphatic heterocycles. The maximum absolute atomic E-state index is 2.57. The van der Waals surface area contributed by atoms with Crippen LogP contribution >= 0.6 is 0 Å². The summed E-state index contributed by atoms with van der Waals surface area (Å²) in [7, 11) is 0. The minimum absolute atomic E-state index is 0.795. The van der Waals surface area contributed by atoms with Gasteiger partial charge in [-0.05, 0) is 20.3 Å². The molecule has 1 unspecified atom stereocenters. The Morgan fingerprint density at radius 3 is 2.64 bits per heavy atom. The van der Waals surface area contributed by atoms with E-state index in [4.69, 9.17) is 0 Å². The molecule has 64 valence electrons. The number of nitrogens with zero attached hydrogens (tertiary/aromatic N) is 1. The van der Waals surface area contributed by atoms with Crippen LogP contribution < -0.4 is 0 Å². The molecule has 0 fully saturated rings. The molecule has 0 aromatic carbocycles. The molecule has 0 bridgehead atoms. The van der Waals surface area contributed by atoms with Gasteiger partial charge in [0.1, 0.15) is 12.6 Å². The van der Waals surface area contributed by atoms with Crippen molar-refractivity contribution in [3.05, 3.63) is 0 Å². The van der Waals surface area contributed by atoms with Gasteiger partial charge in [-0.25, -0.2) is 4.58 Å². The van der Waals surface area contributed by atoms with Crippen LogP contribution in [0.5, 0.6) is 0 Å². The predicted octanol–water partition coefficient (Wildman–Crippen LogP) is 2.44. The normalized spacial score (nSPS) is 25.9. The summed E-state index contributed by atoms with van der Waals surface area (Å²) in [5.41, 5.74) is 1.67. The van der Waals surface area contributed by atoms with E-state index in [2.05, 4.69) is 25.3 Å². The number of hydrogen-bond donors (Lipinski definition) is 0. The van der Waals surface area contributed by atoms with E-state index >= 15 is 0 Å². The van der Waals surface area contributed by atoms with Gasteiger partial charge in [-0.1, -0.05) is 6.92 Å². The van der Waals surface area contributed by atoms with Crippen molar-refractivity contribution in [1.29, 1.82) is 0 Å². The fourth-order valence-electron chi connectivity index (χ4n) is 2.13. The monoisotopic (exact) mass is 154 g/mol. The van der Waals surface area contributed by atoms with Gasteiger partial charge in [0.2, 0.25) is 0 Å². The highest BCUT2D eigenvalue weighted by molar-refractivity contribution is 5.79. The van der Waals surface area contributed by atoms with E-state index in [9.17, 15) is 0 Å². The molecule has 0 amide bonds. The maximum Gasteiger partial charge on any atom is 0.152 e. The SMILES string of the molecule is CCC1=[N+](CC)C(C)CCC1. The molecule has 0 aliphatic carbocycles. The molecular weight excluding hydrogens is 134 g/mol. The van der Waals surface area contributed by atoms with Gasteiger partial charge >= 0.3 is 0 Å². The highest BCUT2D eigenvalue weighted by Crippen LogP contribution is 2.14. The molecule has 1 heterocycles. The second-order valence-corrected chi connectivity index (χ2v) is 3.45. The Morgan fingerprint density at radius 2 is 2.18 bits per heavy atom. The summed E-state index contributed by atoms with van der Waals surface area (Å²) < 4.78 is 2.57. The molecule has 11 heavy (non-hydrogen) atoms. The van der Waals surface area contributed by atoms with Crippen molar-refractivity contribution in [2.24, 2.45) is 0 Å². The van der Waals surface area contributed by atoms with Crippen LogP contribution in [0.25, 0.3) is 0 Å². The quantitative estimate of drug-likeness (QED) is 0.537. The first-order valence-corrected chi connectivity index (χ1v) is 4.90. The molecule has 1 atom stereocenters. The van der Waals surface area contributed by atoms with Gasteiger partial charge in [0, 0.05) is 19.3 Å². The minimum Gasteiger partial charge on any atom is -0.235 e. The standard InChI is InChI=1S/C10H20N/c1-4-10-8-6-7-9(3)11(10)5-2/h9H,4-8H2,1-3H3/q+1. The maximum atomic E-state index is 2.57. The van der Waals surface area contributed by atoms with E-state index in [0.29, 0.717) is 0 Å². The Kier molecular flexibility index (Phi) is 3.10. The largest absolute Gasteiger partial charge is 0.235 e. The Labute approximate surface area is 70.1 Å². The van der Waals surface area contributed by atoms with E-state index < -0.39 is 0 Å². The van der Waals surface area contributed by atoms with E-state index in [1.54, 1.807) is 5.71 Å². The third-order valence-electron chi connectivity index (χ3n) is 2.77. The van der Waals surface area contributed by atoms with Crippen LogP contribution in [0.1, 0.15) is 46.5 Å². The minimum atomic E-state index is 0.795. The van der Waals surface area contributed by atoms with Crippen LogP contribution in [0.3, 0.4) is 0 Å². The summed E-state index contributed by atoms with van der Waals surface area (Å²) in [6, 6.07) is 0.795. The van der Waals surface area contributed by atoms with E-state index in [1.165, 1.54) is 32.2 Å². The third kappa shape index (κ3) is 1.82. The van der Waals surface area contributed by atoms with Gasteiger partial charge in [-0.2, -0.15) is 0 Å². The molecule has 1 nitrogen and oxygen atoms in total. The van der Waals surface area contributed by atoms with Crippen LogP contribution in [0.4, 0.5) is 0 Å². The first-order valence-electron chi connectivity index (χ1n) is 4.90. The summed E-state index contributed by atoms with van der Waals surface area (Å²) >= 11 is 0. The summed E-state index contributed by atoms with van der Waals surface area (Å²) in [6.07, 6.45) is 5.38. The third-order valence-corrected chi connectivity index (χ3v) is 2.77. The van der Waals surface area contributed by atoms with Gasteiger partial charge in [-0.15, -0.1) is 0 Å². The molecule has 0 saturated carbocycles. The first kappa shape index (κ1) is 8.76. The lowest BCUT2D eigenvalue weighted by molar-refractivity contribution is -0.566. The fourth-order valence-corrected chi connectivity index (χ4v) is 2.13. The molecule has 1 rings (SSSR count). The molecule has 0 saturated heterocycles. The van der Waals surface area contributed by atoms with E-state index in [0.717, 1.165) is 6.04 Å². The molecule has 0 radical (unpaired) electrons. The number of hydrogen-bond acceptors (Lipinski definition) is 0. The fraction of sp³-hybridized carbons (Fsp3) is 0.900. The van der Waals surface area contributed by atoms with Gasteiger partial charge in [0.15, 0.2) is 5.71 Å². The van der Waals surface area contributed by atoms with Gasteiger partial charge in [-0.3, -0.25) is 0 Å². The van der Waals surface area contributed by atoms with Crippen LogP contribution in [-0.4, -0.2) is 22.9 Å². The molecule has 0 spiro atoms. The van der Waals surface area contributed by atoms with Crippen molar-refractivity contribution in [3.63, 3.8) is 0 Å². The Balaban J connectivity index is 2.77. The van der Waals surface area contributed by atoms with E-state index in [-0.39, 0.29) is 0 Å². The average Bonchev–Trinajstić information content (AvgIpc) is 2.04. The van der Waals surface area contributed by atoms with Crippen LogP contribution in [0.15, 0.2) is 0 Å². The van der Waals surface area contributed by atoms with Crippen LogP contribution in [0, 0.1) is 0 Å². The second kappa shape index (κ2) is 3.89. The summed E-state index contributed by atoms with van der Waals surface area (Å²) in [5.74, 6) is 0. The molecule has 1 aliphatic rings. The van der Waals surface area contributed by atoms with Crippen molar-refractivity contribution < 1.29 is 4.58 Å². The highest BCUT2D eigenvalue weighted by atomic mass is 15.0. The predicted molar refractivity (Wildman–Crippen MR) is 49.4 cm³/mol. The number of rotatable bonds is 2. The van der Waals surface area contributed by atoms with Crippen molar-refractivity contribution in [3.8, 4) is 0 Å². The lowest BCUT2D eigenvalue weighted by atomic mass is 10.0. The average molecular weight is 154 g/mol. The summed E-state index contributed by atoms with van der Waals surface area (Å²) in [4.78, 5) is 0. The zero-order valence-corrected chi connectivity index (χ0v) is 8.06. The van der Waals surface area contributed by atoms with E-state index in [1.807, 2.05) is 0 Å². The molecule has 0 N–H and O–H groups in total. The Bertz CT molecular complexity index is 158. The highest BCUT2D eigenvalue weighted by Gasteiger charge is 2.22. The van der Waals surface area contributed by atoms with Crippen molar-refractivity contribution in [2.75, 3.05) is 6.54 Å². The van der Waals surface area contributed by atoms with Gasteiger partial charge in [0.25, 0.3) is 0 Å². The summed E-state index contributed by atoms with van der Waals surface area (Å²) in [5, 5.41) is 0. The van der Waals surface area contributed by atoms with Gasteiger partial charge in [0.05, 0.1) is 0 Å².